The summed E-state index contributed by atoms with van der Waals surface area (Å²) in [4.78, 5) is 30.0. The Bertz CT molecular complexity index is 721. The maximum Gasteiger partial charge on any atom is 0.272 e. The molecule has 3 N–H and O–H groups in total. The molecule has 0 unspecified atom stereocenters. The van der Waals surface area contributed by atoms with Crippen molar-refractivity contribution in [1.29, 1.82) is 0 Å². The lowest BCUT2D eigenvalue weighted by Crippen LogP contribution is -2.53. The number of carbonyl (C=O) groups excluding carboxylic acids is 2. The van der Waals surface area contributed by atoms with Gasteiger partial charge in [0.05, 0.1) is 26.3 Å². The molecule has 0 aromatic carbocycles. The number of pyridine rings is 1. The highest BCUT2D eigenvalue weighted by Gasteiger charge is 2.35. The quantitative estimate of drug-likeness (QED) is 0.683. The number of nitrogens with one attached hydrogen (secondary N) is 2. The fourth-order valence-corrected chi connectivity index (χ4v) is 2.57. The van der Waals surface area contributed by atoms with Crippen LogP contribution in [0.1, 0.15) is 21.0 Å². The van der Waals surface area contributed by atoms with Gasteiger partial charge in [0, 0.05) is 18.9 Å². The summed E-state index contributed by atoms with van der Waals surface area (Å²) in [5, 5.41) is 19.8. The van der Waals surface area contributed by atoms with Crippen molar-refractivity contribution in [1.82, 2.24) is 25.4 Å². The molecule has 0 aliphatic carbocycles. The Morgan fingerprint density at radius 2 is 2.24 bits per heavy atom. The summed E-state index contributed by atoms with van der Waals surface area (Å²) in [5.41, 5.74) is -0.802. The first-order valence-corrected chi connectivity index (χ1v) is 7.85. The maximum absolute atomic E-state index is 12.5. The molecule has 25 heavy (non-hydrogen) atoms. The van der Waals surface area contributed by atoms with E-state index in [1.165, 1.54) is 17.3 Å². The zero-order chi connectivity index (χ0) is 17.7. The Hall–Kier alpha value is -2.78. The Labute approximate surface area is 144 Å². The first kappa shape index (κ1) is 17.1. The molecular weight excluding hydrogens is 326 g/mol. The van der Waals surface area contributed by atoms with E-state index in [-0.39, 0.29) is 31.3 Å². The average molecular weight is 345 g/mol. The van der Waals surface area contributed by atoms with Crippen molar-refractivity contribution in [3.8, 4) is 0 Å². The van der Waals surface area contributed by atoms with Crippen LogP contribution in [0, 0.1) is 0 Å². The van der Waals surface area contributed by atoms with Gasteiger partial charge in [-0.05, 0) is 18.2 Å². The molecule has 1 atom stereocenters. The first-order chi connectivity index (χ1) is 12.1. The van der Waals surface area contributed by atoms with E-state index in [2.05, 4.69) is 20.5 Å². The van der Waals surface area contributed by atoms with Gasteiger partial charge in [-0.25, -0.2) is 0 Å². The number of carbonyl (C=O) groups is 2. The zero-order valence-corrected chi connectivity index (χ0v) is 13.5. The van der Waals surface area contributed by atoms with Crippen molar-refractivity contribution in [2.45, 2.75) is 5.60 Å². The molecule has 0 saturated carbocycles. The van der Waals surface area contributed by atoms with Crippen molar-refractivity contribution in [2.24, 2.45) is 0 Å². The van der Waals surface area contributed by atoms with Crippen molar-refractivity contribution < 1.29 is 19.4 Å². The topological polar surface area (TPSA) is 120 Å². The monoisotopic (exact) mass is 345 g/mol. The molecule has 1 aliphatic rings. The van der Waals surface area contributed by atoms with Crippen LogP contribution >= 0.6 is 0 Å². The lowest BCUT2D eigenvalue weighted by Gasteiger charge is -2.30. The summed E-state index contributed by atoms with van der Waals surface area (Å²) >= 11 is 0. The molecule has 2 aromatic heterocycles. The second-order valence-corrected chi connectivity index (χ2v) is 5.87. The maximum atomic E-state index is 12.5. The highest BCUT2D eigenvalue weighted by Crippen LogP contribution is 2.14. The Kier molecular flexibility index (Phi) is 5.05. The van der Waals surface area contributed by atoms with Gasteiger partial charge >= 0.3 is 0 Å². The molecule has 9 nitrogen and oxygen atoms in total. The van der Waals surface area contributed by atoms with E-state index in [1.807, 2.05) is 0 Å². The second kappa shape index (κ2) is 7.41. The van der Waals surface area contributed by atoms with Gasteiger partial charge in [0.2, 0.25) is 0 Å². The van der Waals surface area contributed by atoms with Gasteiger partial charge in [-0.1, -0.05) is 6.07 Å². The van der Waals surface area contributed by atoms with E-state index in [9.17, 15) is 14.7 Å². The van der Waals surface area contributed by atoms with Gasteiger partial charge in [-0.2, -0.15) is 5.10 Å². The van der Waals surface area contributed by atoms with Crippen LogP contribution in [-0.4, -0.2) is 75.5 Å². The number of amides is 2. The summed E-state index contributed by atoms with van der Waals surface area (Å²) in [5.74, 6) is -0.679. The number of aromatic nitrogens is 3. The molecule has 0 radical (unpaired) electrons. The number of aromatic amines is 1. The fourth-order valence-electron chi connectivity index (χ4n) is 2.57. The largest absolute Gasteiger partial charge is 0.384 e. The van der Waals surface area contributed by atoms with Gasteiger partial charge in [0.15, 0.2) is 0 Å². The van der Waals surface area contributed by atoms with Gasteiger partial charge in [0.1, 0.15) is 17.0 Å². The molecule has 1 aliphatic heterocycles. The minimum absolute atomic E-state index is 0.0161. The third-order valence-corrected chi connectivity index (χ3v) is 3.86. The van der Waals surface area contributed by atoms with Crippen LogP contribution in [0.3, 0.4) is 0 Å². The summed E-state index contributed by atoms with van der Waals surface area (Å²) in [6.07, 6.45) is 3.00. The summed E-state index contributed by atoms with van der Waals surface area (Å²) in [6, 6.07) is 6.56. The molecule has 0 bridgehead atoms. The summed E-state index contributed by atoms with van der Waals surface area (Å²) in [6.45, 7) is 0.634. The van der Waals surface area contributed by atoms with Gasteiger partial charge < -0.3 is 20.1 Å². The SMILES string of the molecule is O=C(NC[C@@]1(O)COCCN(C(=O)c2ccn[nH]2)C1)c1ccccn1. The van der Waals surface area contributed by atoms with Gasteiger partial charge in [-0.15, -0.1) is 0 Å². The molecule has 132 valence electrons. The van der Waals surface area contributed by atoms with Crippen LogP contribution in [0.15, 0.2) is 36.7 Å². The van der Waals surface area contributed by atoms with Crippen molar-refractivity contribution in [3.05, 3.63) is 48.0 Å². The number of rotatable bonds is 4. The standard InChI is InChI=1S/C16H19N5O4/c22-14(12-3-1-2-5-17-12)18-9-16(24)10-21(7-8-25-11-16)15(23)13-4-6-19-20-13/h1-6,24H,7-11H2,(H,18,22)(H,19,20)/t16-/m0/s1. The van der Waals surface area contributed by atoms with Crippen LogP contribution in [-0.2, 0) is 4.74 Å². The summed E-state index contributed by atoms with van der Waals surface area (Å²) < 4.78 is 5.41. The normalized spacial score (nSPS) is 20.8. The van der Waals surface area contributed by atoms with E-state index >= 15 is 0 Å². The van der Waals surface area contributed by atoms with E-state index < -0.39 is 11.5 Å². The van der Waals surface area contributed by atoms with Crippen LogP contribution in [0.5, 0.6) is 0 Å². The molecule has 1 fully saturated rings. The molecule has 2 aromatic rings. The molecule has 2 amide bonds. The Morgan fingerprint density at radius 1 is 1.36 bits per heavy atom. The number of aliphatic hydroxyl groups is 1. The Balaban J connectivity index is 1.64. The average Bonchev–Trinajstić information content (AvgIpc) is 3.10. The zero-order valence-electron chi connectivity index (χ0n) is 13.5. The number of H-pyrrole nitrogens is 1. The number of β-amino-alcohol motifs (C(OH)–C–C–N with tert-alkyl or cyclic N) is 1. The third-order valence-electron chi connectivity index (χ3n) is 3.86. The van der Waals surface area contributed by atoms with Crippen LogP contribution in [0.4, 0.5) is 0 Å². The molecule has 1 saturated heterocycles. The minimum atomic E-state index is -1.39. The first-order valence-electron chi connectivity index (χ1n) is 7.85. The second-order valence-electron chi connectivity index (χ2n) is 5.87. The smallest absolute Gasteiger partial charge is 0.272 e. The Morgan fingerprint density at radius 3 is 2.96 bits per heavy atom. The lowest BCUT2D eigenvalue weighted by atomic mass is 10.0. The number of nitrogens with zero attached hydrogens (tertiary/aromatic N) is 3. The number of hydrogen-bond donors (Lipinski definition) is 3. The molecule has 9 heteroatoms. The van der Waals surface area contributed by atoms with Gasteiger partial charge in [0.25, 0.3) is 11.8 Å². The van der Waals surface area contributed by atoms with E-state index in [0.717, 1.165) is 0 Å². The van der Waals surface area contributed by atoms with Crippen molar-refractivity contribution in [3.63, 3.8) is 0 Å². The highest BCUT2D eigenvalue weighted by molar-refractivity contribution is 5.93. The van der Waals surface area contributed by atoms with Gasteiger partial charge in [-0.3, -0.25) is 19.7 Å². The molecule has 0 spiro atoms. The predicted octanol–water partition coefficient (Wildman–Crippen LogP) is -0.562. The van der Waals surface area contributed by atoms with Crippen LogP contribution in [0.25, 0.3) is 0 Å². The fraction of sp³-hybridized carbons (Fsp3) is 0.375. The minimum Gasteiger partial charge on any atom is -0.384 e. The molecule has 3 rings (SSSR count). The molecular formula is C16H19N5O4. The van der Waals surface area contributed by atoms with E-state index in [0.29, 0.717) is 18.8 Å². The van der Waals surface area contributed by atoms with E-state index in [1.54, 1.807) is 24.3 Å². The third kappa shape index (κ3) is 4.20. The molecule has 3 heterocycles. The van der Waals surface area contributed by atoms with Crippen LogP contribution < -0.4 is 5.32 Å². The number of hydrogen-bond acceptors (Lipinski definition) is 6. The number of ether oxygens (including phenoxy) is 1. The predicted molar refractivity (Wildman–Crippen MR) is 86.8 cm³/mol. The van der Waals surface area contributed by atoms with Crippen molar-refractivity contribution in [2.75, 3.05) is 32.8 Å². The van der Waals surface area contributed by atoms with E-state index in [4.69, 9.17) is 4.74 Å². The van der Waals surface area contributed by atoms with Crippen molar-refractivity contribution >= 4 is 11.8 Å². The summed E-state index contributed by atoms with van der Waals surface area (Å²) in [7, 11) is 0. The lowest BCUT2D eigenvalue weighted by molar-refractivity contribution is -0.0324. The highest BCUT2D eigenvalue weighted by atomic mass is 16.5. The van der Waals surface area contributed by atoms with Crippen LogP contribution in [0.2, 0.25) is 0 Å².